The number of rotatable bonds is 2. The average Bonchev–Trinajstić information content (AvgIpc) is 2.67. The molecule has 0 aromatic heterocycles. The number of sulfonamides is 1. The number of likely N-dealkylation sites (tertiary alicyclic amines) is 1. The first kappa shape index (κ1) is 17.2. The predicted octanol–water partition coefficient (Wildman–Crippen LogP) is 2.77. The molecule has 1 saturated heterocycles. The van der Waals surface area contributed by atoms with Crippen LogP contribution in [0, 0.1) is 10.8 Å². The number of nitrogens with zero attached hydrogens (tertiary/aromatic N) is 1. The lowest BCUT2D eigenvalue weighted by Gasteiger charge is -2.39. The number of nitrogens with two attached hydrogens (primary N) is 1. The van der Waals surface area contributed by atoms with Crippen LogP contribution in [0.5, 0.6) is 0 Å². The summed E-state index contributed by atoms with van der Waals surface area (Å²) in [5.41, 5.74) is 1.00. The largest absolute Gasteiger partial charge is 0.322 e. The standard InChI is InChI=1S/C17H25N3O3S/c1-16(2)8-13-9-17(3,10-16)11-20(13)15(21)19-12-4-6-14(7-5-12)24(18,22)23/h4-7,13H,8-11H2,1-3H3,(H,19,21)(H2,18,22,23)/t13-,17-/m1/s1. The Morgan fingerprint density at radius 2 is 1.83 bits per heavy atom. The molecule has 1 aromatic rings. The monoisotopic (exact) mass is 351 g/mol. The van der Waals surface area contributed by atoms with Crippen molar-refractivity contribution in [1.29, 1.82) is 0 Å². The van der Waals surface area contributed by atoms with Crippen molar-refractivity contribution in [2.45, 2.75) is 51.0 Å². The van der Waals surface area contributed by atoms with Crippen molar-refractivity contribution in [2.75, 3.05) is 11.9 Å². The van der Waals surface area contributed by atoms with E-state index in [0.29, 0.717) is 5.69 Å². The Bertz CT molecular complexity index is 758. The van der Waals surface area contributed by atoms with Gasteiger partial charge in [0.15, 0.2) is 0 Å². The third-order valence-electron chi connectivity index (χ3n) is 5.11. The molecule has 6 nitrogen and oxygen atoms in total. The van der Waals surface area contributed by atoms with E-state index in [9.17, 15) is 13.2 Å². The van der Waals surface area contributed by atoms with Crippen LogP contribution in [0.3, 0.4) is 0 Å². The van der Waals surface area contributed by atoms with Crippen molar-refractivity contribution in [1.82, 2.24) is 4.90 Å². The Labute approximate surface area is 143 Å². The van der Waals surface area contributed by atoms with E-state index in [4.69, 9.17) is 5.14 Å². The molecule has 0 unspecified atom stereocenters. The smallest absolute Gasteiger partial charge is 0.321 e. The van der Waals surface area contributed by atoms with E-state index in [2.05, 4.69) is 26.1 Å². The van der Waals surface area contributed by atoms with Crippen LogP contribution < -0.4 is 10.5 Å². The predicted molar refractivity (Wildman–Crippen MR) is 93.1 cm³/mol. The van der Waals surface area contributed by atoms with Gasteiger partial charge in [-0.1, -0.05) is 20.8 Å². The summed E-state index contributed by atoms with van der Waals surface area (Å²) in [7, 11) is -3.72. The topological polar surface area (TPSA) is 92.5 Å². The molecule has 2 atom stereocenters. The number of primary sulfonamides is 1. The first-order chi connectivity index (χ1) is 11.0. The number of anilines is 1. The van der Waals surface area contributed by atoms with Crippen molar-refractivity contribution in [3.05, 3.63) is 24.3 Å². The second kappa shape index (κ2) is 5.46. The summed E-state index contributed by atoms with van der Waals surface area (Å²) in [6.45, 7) is 7.56. The molecule has 24 heavy (non-hydrogen) atoms. The highest BCUT2D eigenvalue weighted by Crippen LogP contribution is 2.52. The molecule has 1 saturated carbocycles. The molecule has 2 aliphatic rings. The first-order valence-electron chi connectivity index (χ1n) is 8.18. The number of carbonyl (C=O) groups excluding carboxylic acids is 1. The number of amides is 2. The van der Waals surface area contributed by atoms with Gasteiger partial charge >= 0.3 is 6.03 Å². The van der Waals surface area contributed by atoms with Gasteiger partial charge in [-0.2, -0.15) is 0 Å². The van der Waals surface area contributed by atoms with Crippen LogP contribution in [-0.2, 0) is 10.0 Å². The van der Waals surface area contributed by atoms with E-state index in [1.165, 1.54) is 12.1 Å². The molecule has 3 rings (SSSR count). The SMILES string of the molecule is CC1(C)C[C@@H]2C[C@@](C)(CN2C(=O)Nc2ccc(S(N)(=O)=O)cc2)C1. The molecular formula is C17H25N3O3S. The van der Waals surface area contributed by atoms with Gasteiger partial charge in [0.05, 0.1) is 4.90 Å². The van der Waals surface area contributed by atoms with Gasteiger partial charge in [-0.25, -0.2) is 18.4 Å². The minimum Gasteiger partial charge on any atom is -0.321 e. The molecule has 2 fully saturated rings. The summed E-state index contributed by atoms with van der Waals surface area (Å²) < 4.78 is 22.6. The van der Waals surface area contributed by atoms with Crippen LogP contribution in [0.1, 0.15) is 40.0 Å². The Balaban J connectivity index is 1.72. The molecular weight excluding hydrogens is 326 g/mol. The molecule has 7 heteroatoms. The zero-order valence-electron chi connectivity index (χ0n) is 14.4. The molecule has 1 aromatic carbocycles. The maximum absolute atomic E-state index is 12.7. The lowest BCUT2D eigenvalue weighted by Crippen LogP contribution is -2.40. The van der Waals surface area contributed by atoms with Gasteiger partial charge in [-0.15, -0.1) is 0 Å². The van der Waals surface area contributed by atoms with E-state index in [0.717, 1.165) is 25.8 Å². The number of nitrogens with one attached hydrogen (secondary N) is 1. The van der Waals surface area contributed by atoms with Gasteiger partial charge < -0.3 is 10.2 Å². The normalized spacial score (nSPS) is 28.7. The van der Waals surface area contributed by atoms with E-state index in [-0.39, 0.29) is 27.8 Å². The van der Waals surface area contributed by atoms with Crippen LogP contribution in [0.25, 0.3) is 0 Å². The molecule has 1 aliphatic heterocycles. The fraction of sp³-hybridized carbons (Fsp3) is 0.588. The zero-order chi connectivity index (χ0) is 17.8. The van der Waals surface area contributed by atoms with E-state index >= 15 is 0 Å². The van der Waals surface area contributed by atoms with Crippen LogP contribution in [0.4, 0.5) is 10.5 Å². The molecule has 0 radical (unpaired) electrons. The van der Waals surface area contributed by atoms with Crippen molar-refractivity contribution in [2.24, 2.45) is 16.0 Å². The Morgan fingerprint density at radius 1 is 1.21 bits per heavy atom. The minimum absolute atomic E-state index is 0.0341. The Morgan fingerprint density at radius 3 is 2.42 bits per heavy atom. The van der Waals surface area contributed by atoms with Gasteiger partial charge in [0.1, 0.15) is 0 Å². The van der Waals surface area contributed by atoms with Crippen molar-refractivity contribution in [3.8, 4) is 0 Å². The molecule has 1 heterocycles. The molecule has 2 bridgehead atoms. The second-order valence-corrected chi connectivity index (χ2v) is 9.90. The molecule has 1 aliphatic carbocycles. The summed E-state index contributed by atoms with van der Waals surface area (Å²) in [4.78, 5) is 14.6. The number of hydrogen-bond acceptors (Lipinski definition) is 3. The second-order valence-electron chi connectivity index (χ2n) is 8.34. The van der Waals surface area contributed by atoms with Crippen molar-refractivity contribution < 1.29 is 13.2 Å². The molecule has 132 valence electrons. The minimum atomic E-state index is -3.72. The maximum atomic E-state index is 12.7. The Hall–Kier alpha value is -1.60. The van der Waals surface area contributed by atoms with E-state index < -0.39 is 10.0 Å². The van der Waals surface area contributed by atoms with Crippen LogP contribution in [0.2, 0.25) is 0 Å². The van der Waals surface area contributed by atoms with E-state index in [1.54, 1.807) is 12.1 Å². The van der Waals surface area contributed by atoms with Gasteiger partial charge in [0, 0.05) is 18.3 Å². The number of urea groups is 1. The summed E-state index contributed by atoms with van der Waals surface area (Å²) in [5.74, 6) is 0. The zero-order valence-corrected chi connectivity index (χ0v) is 15.2. The van der Waals surface area contributed by atoms with Crippen LogP contribution >= 0.6 is 0 Å². The third-order valence-corrected chi connectivity index (χ3v) is 6.04. The number of benzene rings is 1. The number of hydrogen-bond donors (Lipinski definition) is 2. The summed E-state index contributed by atoms with van der Waals surface area (Å²) in [6.07, 6.45) is 3.19. The maximum Gasteiger partial charge on any atom is 0.322 e. The summed E-state index contributed by atoms with van der Waals surface area (Å²) in [5, 5.41) is 7.95. The third kappa shape index (κ3) is 3.42. The van der Waals surface area contributed by atoms with Crippen LogP contribution in [0.15, 0.2) is 29.2 Å². The van der Waals surface area contributed by atoms with Gasteiger partial charge in [0.25, 0.3) is 0 Å². The number of carbonyl (C=O) groups is 1. The fourth-order valence-electron chi connectivity index (χ4n) is 4.62. The van der Waals surface area contributed by atoms with E-state index in [1.807, 2.05) is 4.90 Å². The van der Waals surface area contributed by atoms with Crippen molar-refractivity contribution >= 4 is 21.7 Å². The summed E-state index contributed by atoms with van der Waals surface area (Å²) in [6, 6.07) is 6.07. The van der Waals surface area contributed by atoms with Gasteiger partial charge in [0.2, 0.25) is 10.0 Å². The molecule has 2 amide bonds. The highest BCUT2D eigenvalue weighted by Gasteiger charge is 2.50. The highest BCUT2D eigenvalue weighted by molar-refractivity contribution is 7.89. The van der Waals surface area contributed by atoms with Gasteiger partial charge in [-0.05, 0) is 54.4 Å². The molecule has 0 spiro atoms. The van der Waals surface area contributed by atoms with Crippen LogP contribution in [-0.4, -0.2) is 31.9 Å². The lowest BCUT2D eigenvalue weighted by atomic mass is 9.65. The fourth-order valence-corrected chi connectivity index (χ4v) is 5.14. The Kier molecular flexibility index (Phi) is 3.92. The highest BCUT2D eigenvalue weighted by atomic mass is 32.2. The summed E-state index contributed by atoms with van der Waals surface area (Å²) >= 11 is 0. The quantitative estimate of drug-likeness (QED) is 0.858. The lowest BCUT2D eigenvalue weighted by molar-refractivity contribution is 0.130. The first-order valence-corrected chi connectivity index (χ1v) is 9.73. The van der Waals surface area contributed by atoms with Crippen molar-refractivity contribution in [3.63, 3.8) is 0 Å². The average molecular weight is 351 g/mol. The number of fused-ring (bicyclic) bond motifs is 2. The van der Waals surface area contributed by atoms with Gasteiger partial charge in [-0.3, -0.25) is 0 Å². The molecule has 3 N–H and O–H groups in total.